The number of nitrogens with zero attached hydrogens (tertiary/aromatic N) is 6. The van der Waals surface area contributed by atoms with Crippen LogP contribution in [-0.2, 0) is 73.3 Å². The monoisotopic (exact) mass is 1150 g/mol. The molecule has 0 aromatic heterocycles. The van der Waals surface area contributed by atoms with Gasteiger partial charge in [-0.1, -0.05) is 74.2 Å². The van der Waals surface area contributed by atoms with Gasteiger partial charge in [-0.2, -0.15) is 0 Å². The number of ether oxygens (including phenoxy) is 8. The summed E-state index contributed by atoms with van der Waals surface area (Å²) in [5.74, 6) is -1.81. The third kappa shape index (κ3) is 53.0. The lowest BCUT2D eigenvalue weighted by atomic mass is 10.0. The highest BCUT2D eigenvalue weighted by molar-refractivity contribution is 5.82. The second kappa shape index (κ2) is 53.2. The van der Waals surface area contributed by atoms with E-state index in [-0.39, 0.29) is 60.7 Å². The van der Waals surface area contributed by atoms with E-state index in [1.54, 1.807) is 39.8 Å². The zero-order valence-electron chi connectivity index (χ0n) is 49.0. The standard InChI is InChI=1S/C22H41N5O6.C17H23NO6.C15H31N5O4/c1-18(20(3)28)7-8-21(29)24-9-5-4-6-19(2)22(30)25-10-12-31-14-16-33-17-15-32-13-11-26-27-23;1-17(2,3)24-16(22)18-13(9-10-14(19)20)15(21)23-11-12-7-5-4-6-8-12;1-14(4-2-3-5-16)15(21)18-6-8-22-10-12-24-13-11-23-9-7-19-20-17/h18-19H,4-17H2,1-3H3,(H,24,29)(H,25,30);4-8,13H,9-11H2,1-3H3,(H,18,22)(H,19,20);14H,2-13,16H2,1H3,(H,18,21)/t18-,19?;13-;/m00./s1. The fraction of sp³-hybridized carbons (Fsp3) is 0.759. The van der Waals surface area contributed by atoms with Crippen molar-refractivity contribution in [3.8, 4) is 0 Å². The average molecular weight is 1150 g/mol. The van der Waals surface area contributed by atoms with E-state index in [1.807, 2.05) is 39.0 Å². The maximum atomic E-state index is 12.1. The van der Waals surface area contributed by atoms with Gasteiger partial charge in [0.15, 0.2) is 0 Å². The molecule has 4 amide bonds. The Morgan fingerprint density at radius 3 is 1.52 bits per heavy atom. The number of alkyl carbamates (subject to hydrolysis) is 1. The predicted octanol–water partition coefficient (Wildman–Crippen LogP) is 6.11. The summed E-state index contributed by atoms with van der Waals surface area (Å²) < 4.78 is 42.0. The van der Waals surface area contributed by atoms with E-state index in [0.717, 1.165) is 44.1 Å². The van der Waals surface area contributed by atoms with E-state index in [1.165, 1.54) is 0 Å². The number of rotatable bonds is 46. The predicted molar refractivity (Wildman–Crippen MR) is 302 cm³/mol. The summed E-state index contributed by atoms with van der Waals surface area (Å²) in [6.45, 7) is 20.4. The number of ketones is 1. The SMILES string of the molecule is CC(=O)[C@@H](C)CCC(=O)NCCCCC(C)C(=O)NCCOCCOCCOCCN=[N+]=[N-].CC(C)(C)OC(=O)N[C@@H](CCC(=O)O)C(=O)OCc1ccccc1.CC(CCCCN)C(=O)NCCOCCOCCOCCN=[N+]=[N-]. The van der Waals surface area contributed by atoms with Crippen LogP contribution in [0.2, 0.25) is 0 Å². The number of esters is 1. The van der Waals surface area contributed by atoms with Gasteiger partial charge in [0.1, 0.15) is 24.0 Å². The maximum Gasteiger partial charge on any atom is 0.408 e. The van der Waals surface area contributed by atoms with Gasteiger partial charge in [-0.15, -0.1) is 0 Å². The first-order chi connectivity index (χ1) is 38.8. The molecule has 0 radical (unpaired) electrons. The first kappa shape index (κ1) is 76.9. The molecule has 81 heavy (non-hydrogen) atoms. The Morgan fingerprint density at radius 1 is 0.605 bits per heavy atom. The van der Waals surface area contributed by atoms with Crippen molar-refractivity contribution in [2.75, 3.05) is 119 Å². The van der Waals surface area contributed by atoms with Gasteiger partial charge >= 0.3 is 18.0 Å². The summed E-state index contributed by atoms with van der Waals surface area (Å²) >= 11 is 0. The first-order valence-corrected chi connectivity index (χ1v) is 27.7. The molecule has 0 spiro atoms. The number of hydrogen-bond donors (Lipinski definition) is 6. The molecule has 0 bridgehead atoms. The molecule has 4 atom stereocenters. The summed E-state index contributed by atoms with van der Waals surface area (Å²) in [5.41, 5.74) is 21.7. The molecule has 1 aromatic rings. The molecule has 0 saturated carbocycles. The third-order valence-electron chi connectivity index (χ3n) is 11.1. The summed E-state index contributed by atoms with van der Waals surface area (Å²) in [5, 5.41) is 26.4. The summed E-state index contributed by atoms with van der Waals surface area (Å²) in [6.07, 6.45) is 5.00. The van der Waals surface area contributed by atoms with Crippen LogP contribution in [0.15, 0.2) is 40.6 Å². The highest BCUT2D eigenvalue weighted by Gasteiger charge is 2.26. The fourth-order valence-electron chi connectivity index (χ4n) is 6.32. The molecule has 27 nitrogen and oxygen atoms in total. The van der Waals surface area contributed by atoms with E-state index >= 15 is 0 Å². The number of unbranched alkanes of at least 4 members (excludes halogenated alkanes) is 2. The second-order valence-corrected chi connectivity index (χ2v) is 19.4. The number of Topliss-reactive ketones (excluding diaryl/α,β-unsaturated/α-hetero) is 1. The molecule has 2 unspecified atom stereocenters. The van der Waals surface area contributed by atoms with Gasteiger partial charge in [-0.3, -0.25) is 24.0 Å². The van der Waals surface area contributed by atoms with E-state index in [2.05, 4.69) is 41.3 Å². The second-order valence-electron chi connectivity index (χ2n) is 19.4. The lowest BCUT2D eigenvalue weighted by Gasteiger charge is -2.22. The molecule has 0 aliphatic carbocycles. The Morgan fingerprint density at radius 2 is 1.07 bits per heavy atom. The smallest absolute Gasteiger partial charge is 0.408 e. The average Bonchev–Trinajstić information content (AvgIpc) is 3.43. The quantitative estimate of drug-likeness (QED) is 0.0141. The number of nitrogens with two attached hydrogens (primary N) is 1. The third-order valence-corrected chi connectivity index (χ3v) is 11.1. The minimum Gasteiger partial charge on any atom is -0.481 e. The van der Waals surface area contributed by atoms with Crippen molar-refractivity contribution in [2.24, 2.45) is 33.7 Å². The highest BCUT2D eigenvalue weighted by Crippen LogP contribution is 2.12. The zero-order chi connectivity index (χ0) is 60.8. The van der Waals surface area contributed by atoms with Gasteiger partial charge in [0.2, 0.25) is 17.7 Å². The molecule has 27 heteroatoms. The molecule has 0 fully saturated rings. The first-order valence-electron chi connectivity index (χ1n) is 27.7. The van der Waals surface area contributed by atoms with Crippen LogP contribution in [-0.4, -0.2) is 177 Å². The lowest BCUT2D eigenvalue weighted by molar-refractivity contribution is -0.148. The van der Waals surface area contributed by atoms with Gasteiger partial charge in [-0.25, -0.2) is 9.59 Å². The van der Waals surface area contributed by atoms with Crippen molar-refractivity contribution in [2.45, 2.75) is 131 Å². The van der Waals surface area contributed by atoms with Crippen LogP contribution >= 0.6 is 0 Å². The van der Waals surface area contributed by atoms with Crippen molar-refractivity contribution in [1.82, 2.24) is 21.3 Å². The molecule has 7 N–H and O–H groups in total. The zero-order valence-corrected chi connectivity index (χ0v) is 49.0. The molecule has 0 saturated heterocycles. The van der Waals surface area contributed by atoms with E-state index in [4.69, 9.17) is 59.8 Å². The van der Waals surface area contributed by atoms with Crippen LogP contribution in [0.1, 0.15) is 118 Å². The summed E-state index contributed by atoms with van der Waals surface area (Å²) in [7, 11) is 0. The van der Waals surface area contributed by atoms with Gasteiger partial charge in [-0.05, 0) is 89.4 Å². The number of carbonyl (C=O) groups is 7. The number of azide groups is 2. The van der Waals surface area contributed by atoms with Gasteiger partial charge in [0.25, 0.3) is 0 Å². The number of amides is 4. The van der Waals surface area contributed by atoms with Crippen molar-refractivity contribution < 1.29 is 76.6 Å². The molecular formula is C54H95N11O16. The number of carboxylic acids is 1. The van der Waals surface area contributed by atoms with E-state index in [0.29, 0.717) is 131 Å². The number of benzene rings is 1. The topological polar surface area (TPSA) is 385 Å². The van der Waals surface area contributed by atoms with Gasteiger partial charge < -0.3 is 70.0 Å². The van der Waals surface area contributed by atoms with Gasteiger partial charge in [0.05, 0.1) is 79.3 Å². The molecule has 0 heterocycles. The summed E-state index contributed by atoms with van der Waals surface area (Å²) in [4.78, 5) is 86.7. The Bertz CT molecular complexity index is 1940. The van der Waals surface area contributed by atoms with Crippen molar-refractivity contribution in [3.05, 3.63) is 56.8 Å². The molecule has 0 aliphatic heterocycles. The molecule has 462 valence electrons. The number of aliphatic carboxylic acids is 1. The van der Waals surface area contributed by atoms with Crippen molar-refractivity contribution in [1.29, 1.82) is 0 Å². The Balaban J connectivity index is 0. The fourth-order valence-corrected chi connectivity index (χ4v) is 6.32. The van der Waals surface area contributed by atoms with Crippen molar-refractivity contribution >= 4 is 41.5 Å². The van der Waals surface area contributed by atoms with Gasteiger partial charge in [0, 0.05) is 73.1 Å². The number of nitrogens with one attached hydrogen (secondary N) is 4. The molecule has 0 aliphatic rings. The Kier molecular flexibility index (Phi) is 50.5. The minimum atomic E-state index is -1.08. The number of carbonyl (C=O) groups excluding carboxylic acids is 6. The van der Waals surface area contributed by atoms with Crippen LogP contribution in [0.25, 0.3) is 20.9 Å². The van der Waals surface area contributed by atoms with Crippen LogP contribution in [0, 0.1) is 17.8 Å². The van der Waals surface area contributed by atoms with E-state index < -0.39 is 29.7 Å². The lowest BCUT2D eigenvalue weighted by Crippen LogP contribution is -2.44. The van der Waals surface area contributed by atoms with E-state index in [9.17, 15) is 33.6 Å². The minimum absolute atomic E-state index is 0.00464. The normalized spacial score (nSPS) is 12.1. The largest absolute Gasteiger partial charge is 0.481 e. The maximum absolute atomic E-state index is 12.1. The van der Waals surface area contributed by atoms with Crippen LogP contribution < -0.4 is 27.0 Å². The Hall–Kier alpha value is -6.15. The van der Waals surface area contributed by atoms with Crippen LogP contribution in [0.4, 0.5) is 4.79 Å². The molecular weight excluding hydrogens is 1060 g/mol. The highest BCUT2D eigenvalue weighted by atomic mass is 16.6. The number of carboxylic acid groups (broad SMARTS) is 1. The molecule has 1 aromatic carbocycles. The molecule has 1 rings (SSSR count). The van der Waals surface area contributed by atoms with Crippen LogP contribution in [0.3, 0.4) is 0 Å². The Labute approximate surface area is 478 Å². The number of hydrogen-bond acceptors (Lipinski definition) is 18. The summed E-state index contributed by atoms with van der Waals surface area (Å²) in [6, 6.07) is 7.96. The van der Waals surface area contributed by atoms with Crippen LogP contribution in [0.5, 0.6) is 0 Å². The van der Waals surface area contributed by atoms with Crippen molar-refractivity contribution in [3.63, 3.8) is 0 Å².